The number of likely N-dealkylation sites (tertiary alicyclic amines) is 1. The van der Waals surface area contributed by atoms with Gasteiger partial charge in [0.05, 0.1) is 23.3 Å². The molecule has 1 aromatic rings. The van der Waals surface area contributed by atoms with Crippen molar-refractivity contribution in [3.63, 3.8) is 0 Å². The zero-order valence-electron chi connectivity index (χ0n) is 12.1. The molecule has 1 saturated heterocycles. The summed E-state index contributed by atoms with van der Waals surface area (Å²) in [5, 5.41) is 9.35. The molecule has 0 aromatic heterocycles. The molecule has 1 heterocycles. The van der Waals surface area contributed by atoms with Gasteiger partial charge in [0.25, 0.3) is 0 Å². The maximum atomic E-state index is 12.2. The van der Waals surface area contributed by atoms with Crippen LogP contribution in [0.5, 0.6) is 0 Å². The predicted octanol–water partition coefficient (Wildman–Crippen LogP) is 1.08. The number of aliphatic hydroxyl groups is 1. The van der Waals surface area contributed by atoms with Crippen LogP contribution in [-0.4, -0.2) is 49.3 Å². The van der Waals surface area contributed by atoms with Gasteiger partial charge in [-0.05, 0) is 24.5 Å². The van der Waals surface area contributed by atoms with Gasteiger partial charge in [-0.25, -0.2) is 8.42 Å². The fourth-order valence-corrected chi connectivity index (χ4v) is 3.96. The highest BCUT2D eigenvalue weighted by molar-refractivity contribution is 7.91. The second kappa shape index (κ2) is 6.58. The van der Waals surface area contributed by atoms with Gasteiger partial charge in [-0.15, -0.1) is 0 Å². The van der Waals surface area contributed by atoms with E-state index in [4.69, 9.17) is 0 Å². The highest BCUT2D eigenvalue weighted by Gasteiger charge is 2.34. The second-order valence-electron chi connectivity index (χ2n) is 5.48. The molecule has 6 heteroatoms. The Hall–Kier alpha value is -1.40. The molecule has 1 aliphatic rings. The number of rotatable bonds is 5. The average molecular weight is 311 g/mol. The first-order valence-corrected chi connectivity index (χ1v) is 8.79. The van der Waals surface area contributed by atoms with E-state index in [0.29, 0.717) is 6.54 Å². The standard InChI is InChI=1S/C15H21NO4S/c1-12-7-9-16(14(12)11-17)15(18)8-10-21(19,20)13-5-3-2-4-6-13/h2-6,12,14,17H,7-11H2,1H3. The highest BCUT2D eigenvalue weighted by Crippen LogP contribution is 2.24. The number of carbonyl (C=O) groups excluding carboxylic acids is 1. The number of carbonyl (C=O) groups is 1. The van der Waals surface area contributed by atoms with E-state index in [1.54, 1.807) is 23.1 Å². The van der Waals surface area contributed by atoms with E-state index in [9.17, 15) is 18.3 Å². The van der Waals surface area contributed by atoms with Gasteiger partial charge >= 0.3 is 0 Å². The Morgan fingerprint density at radius 3 is 2.62 bits per heavy atom. The van der Waals surface area contributed by atoms with Gasteiger partial charge < -0.3 is 10.0 Å². The minimum absolute atomic E-state index is 0.0412. The largest absolute Gasteiger partial charge is 0.394 e. The molecular formula is C15H21NO4S. The van der Waals surface area contributed by atoms with Crippen molar-refractivity contribution in [2.45, 2.75) is 30.7 Å². The van der Waals surface area contributed by atoms with E-state index in [1.807, 2.05) is 6.92 Å². The van der Waals surface area contributed by atoms with Crippen molar-refractivity contribution >= 4 is 15.7 Å². The first kappa shape index (κ1) is 16.0. The van der Waals surface area contributed by atoms with Gasteiger partial charge in [0.1, 0.15) is 0 Å². The van der Waals surface area contributed by atoms with Crippen LogP contribution in [0.25, 0.3) is 0 Å². The molecule has 5 nitrogen and oxygen atoms in total. The quantitative estimate of drug-likeness (QED) is 0.883. The molecule has 116 valence electrons. The third kappa shape index (κ3) is 3.63. The van der Waals surface area contributed by atoms with Crippen molar-refractivity contribution < 1.29 is 18.3 Å². The van der Waals surface area contributed by atoms with Crippen LogP contribution in [0, 0.1) is 5.92 Å². The van der Waals surface area contributed by atoms with Gasteiger partial charge in [-0.1, -0.05) is 25.1 Å². The van der Waals surface area contributed by atoms with Gasteiger partial charge in [0, 0.05) is 13.0 Å². The summed E-state index contributed by atoms with van der Waals surface area (Å²) in [6.45, 7) is 2.52. The smallest absolute Gasteiger partial charge is 0.223 e. The summed E-state index contributed by atoms with van der Waals surface area (Å²) < 4.78 is 24.3. The fraction of sp³-hybridized carbons (Fsp3) is 0.533. The molecule has 0 spiro atoms. The number of aliphatic hydroxyl groups excluding tert-OH is 1. The molecule has 1 amide bonds. The van der Waals surface area contributed by atoms with Crippen molar-refractivity contribution in [2.75, 3.05) is 18.9 Å². The number of hydrogen-bond acceptors (Lipinski definition) is 4. The average Bonchev–Trinajstić information content (AvgIpc) is 2.86. The molecule has 2 atom stereocenters. The van der Waals surface area contributed by atoms with Crippen LogP contribution in [0.15, 0.2) is 35.2 Å². The van der Waals surface area contributed by atoms with Crippen molar-refractivity contribution in [3.8, 4) is 0 Å². The minimum Gasteiger partial charge on any atom is -0.394 e. The Morgan fingerprint density at radius 1 is 1.33 bits per heavy atom. The Kier molecular flexibility index (Phi) is 5.00. The van der Waals surface area contributed by atoms with E-state index in [-0.39, 0.29) is 41.5 Å². The van der Waals surface area contributed by atoms with E-state index in [0.717, 1.165) is 6.42 Å². The summed E-state index contributed by atoms with van der Waals surface area (Å²) in [7, 11) is -3.43. The van der Waals surface area contributed by atoms with Gasteiger partial charge in [-0.3, -0.25) is 4.79 Å². The normalized spacial score (nSPS) is 22.5. The SMILES string of the molecule is CC1CCN(C(=O)CCS(=O)(=O)c2ccccc2)C1CO. The van der Waals surface area contributed by atoms with Crippen molar-refractivity contribution in [1.29, 1.82) is 0 Å². The Bertz CT molecular complexity index is 585. The van der Waals surface area contributed by atoms with Crippen LogP contribution in [0.4, 0.5) is 0 Å². The molecule has 0 aliphatic carbocycles. The molecule has 1 aromatic carbocycles. The number of hydrogen-bond donors (Lipinski definition) is 1. The lowest BCUT2D eigenvalue weighted by Crippen LogP contribution is -2.40. The maximum absolute atomic E-state index is 12.2. The summed E-state index contributed by atoms with van der Waals surface area (Å²) in [6.07, 6.45) is 0.808. The Morgan fingerprint density at radius 2 is 2.00 bits per heavy atom. The number of sulfone groups is 1. The van der Waals surface area contributed by atoms with Crippen LogP contribution in [0.2, 0.25) is 0 Å². The highest BCUT2D eigenvalue weighted by atomic mass is 32.2. The minimum atomic E-state index is -3.43. The van der Waals surface area contributed by atoms with Gasteiger partial charge in [-0.2, -0.15) is 0 Å². The van der Waals surface area contributed by atoms with Crippen molar-refractivity contribution in [1.82, 2.24) is 4.90 Å². The zero-order valence-corrected chi connectivity index (χ0v) is 12.9. The molecule has 2 unspecified atom stereocenters. The predicted molar refractivity (Wildman–Crippen MR) is 79.5 cm³/mol. The lowest BCUT2D eigenvalue weighted by molar-refractivity contribution is -0.132. The van der Waals surface area contributed by atoms with Crippen molar-refractivity contribution in [3.05, 3.63) is 30.3 Å². The molecule has 0 radical (unpaired) electrons. The summed E-state index contributed by atoms with van der Waals surface area (Å²) in [5.41, 5.74) is 0. The van der Waals surface area contributed by atoms with Crippen molar-refractivity contribution in [2.24, 2.45) is 5.92 Å². The Balaban J connectivity index is 1.98. The maximum Gasteiger partial charge on any atom is 0.223 e. The molecule has 1 aliphatic heterocycles. The van der Waals surface area contributed by atoms with Gasteiger partial charge in [0.15, 0.2) is 9.84 Å². The molecule has 0 bridgehead atoms. The zero-order chi connectivity index (χ0) is 15.5. The summed E-state index contributed by atoms with van der Waals surface area (Å²) in [6, 6.07) is 7.97. The first-order valence-electron chi connectivity index (χ1n) is 7.14. The topological polar surface area (TPSA) is 74.7 Å². The van der Waals surface area contributed by atoms with E-state index >= 15 is 0 Å². The number of amides is 1. The van der Waals surface area contributed by atoms with Crippen LogP contribution in [-0.2, 0) is 14.6 Å². The van der Waals surface area contributed by atoms with E-state index in [2.05, 4.69) is 0 Å². The fourth-order valence-electron chi connectivity index (χ4n) is 2.71. The number of nitrogens with zero attached hydrogens (tertiary/aromatic N) is 1. The van der Waals surface area contributed by atoms with Crippen LogP contribution < -0.4 is 0 Å². The monoisotopic (exact) mass is 311 g/mol. The van der Waals surface area contributed by atoms with Crippen LogP contribution in [0.1, 0.15) is 19.8 Å². The van der Waals surface area contributed by atoms with E-state index in [1.165, 1.54) is 12.1 Å². The summed E-state index contributed by atoms with van der Waals surface area (Å²) in [4.78, 5) is 14.0. The van der Waals surface area contributed by atoms with Gasteiger partial charge in [0.2, 0.25) is 5.91 Å². The lowest BCUT2D eigenvalue weighted by Gasteiger charge is -2.25. The molecule has 2 rings (SSSR count). The number of benzene rings is 1. The van der Waals surface area contributed by atoms with Crippen LogP contribution >= 0.6 is 0 Å². The molecular weight excluding hydrogens is 290 g/mol. The molecule has 0 saturated carbocycles. The molecule has 1 fully saturated rings. The second-order valence-corrected chi connectivity index (χ2v) is 7.59. The summed E-state index contributed by atoms with van der Waals surface area (Å²) in [5.74, 6) is -0.138. The molecule has 1 N–H and O–H groups in total. The van der Waals surface area contributed by atoms with E-state index < -0.39 is 9.84 Å². The first-order chi connectivity index (χ1) is 9.95. The molecule has 21 heavy (non-hydrogen) atoms. The summed E-state index contributed by atoms with van der Waals surface area (Å²) >= 11 is 0. The third-order valence-corrected chi connectivity index (χ3v) is 5.81. The lowest BCUT2D eigenvalue weighted by atomic mass is 10.0. The third-order valence-electron chi connectivity index (χ3n) is 4.08. The van der Waals surface area contributed by atoms with Crippen LogP contribution in [0.3, 0.4) is 0 Å². The Labute approximate surface area is 125 Å².